The molecular formula is C9H5BN8. The summed E-state index contributed by atoms with van der Waals surface area (Å²) in [4.78, 5) is 0. The monoisotopic (exact) mass is 236 g/mol. The molecule has 0 aliphatic carbocycles. The van der Waals surface area contributed by atoms with Crippen molar-refractivity contribution < 1.29 is 0 Å². The van der Waals surface area contributed by atoms with Crippen LogP contribution in [0.15, 0.2) is 24.2 Å². The van der Waals surface area contributed by atoms with Crippen LogP contribution in [-0.2, 0) is 0 Å². The van der Waals surface area contributed by atoms with E-state index in [0.717, 1.165) is 16.4 Å². The van der Waals surface area contributed by atoms with Gasteiger partial charge in [0.25, 0.3) is 0 Å². The first-order valence-corrected chi connectivity index (χ1v) is 5.27. The Kier molecular flexibility index (Phi) is 1.76. The van der Waals surface area contributed by atoms with Crippen LogP contribution in [0.3, 0.4) is 0 Å². The van der Waals surface area contributed by atoms with Crippen molar-refractivity contribution in [1.82, 2.24) is 40.7 Å². The van der Waals surface area contributed by atoms with Gasteiger partial charge in [-0.15, -0.1) is 0 Å². The Morgan fingerprint density at radius 2 is 2.28 bits per heavy atom. The van der Waals surface area contributed by atoms with E-state index in [1.54, 1.807) is 4.52 Å². The molecule has 0 atom stereocenters. The van der Waals surface area contributed by atoms with Gasteiger partial charge in [-0.3, -0.25) is 0 Å². The van der Waals surface area contributed by atoms with E-state index in [0.29, 0.717) is 11.5 Å². The van der Waals surface area contributed by atoms with Crippen molar-refractivity contribution in [3.8, 4) is 11.4 Å². The number of aromatic amines is 1. The van der Waals surface area contributed by atoms with Crippen LogP contribution in [0.5, 0.6) is 0 Å². The minimum absolute atomic E-state index is 0.473. The number of rotatable bonds is 1. The molecule has 0 fully saturated rings. The molecule has 4 rings (SSSR count). The van der Waals surface area contributed by atoms with E-state index in [2.05, 4.69) is 36.1 Å². The van der Waals surface area contributed by atoms with Gasteiger partial charge in [0.15, 0.2) is 0 Å². The number of hydrogen-bond acceptors (Lipinski definition) is 6. The van der Waals surface area contributed by atoms with Crippen LogP contribution in [0.2, 0.25) is 0 Å². The molecule has 9 heteroatoms. The molecule has 0 amide bonds. The van der Waals surface area contributed by atoms with Gasteiger partial charge in [-0.2, -0.15) is 0 Å². The molecule has 18 heavy (non-hydrogen) atoms. The van der Waals surface area contributed by atoms with Crippen LogP contribution in [0.4, 0.5) is 0 Å². The molecule has 0 aliphatic heterocycles. The third-order valence-corrected chi connectivity index (χ3v) is 2.76. The van der Waals surface area contributed by atoms with E-state index in [4.69, 9.17) is 0 Å². The van der Waals surface area contributed by atoms with Gasteiger partial charge in [0.2, 0.25) is 0 Å². The summed E-state index contributed by atoms with van der Waals surface area (Å²) in [6.07, 6.45) is 0. The summed E-state index contributed by atoms with van der Waals surface area (Å²) in [7, 11) is 0. The topological polar surface area (TPSA) is 97.5 Å². The van der Waals surface area contributed by atoms with E-state index >= 15 is 0 Å². The van der Waals surface area contributed by atoms with Crippen LogP contribution >= 0.6 is 0 Å². The predicted molar refractivity (Wildman–Crippen MR) is 62.8 cm³/mol. The fourth-order valence-corrected chi connectivity index (χ4v) is 1.98. The first kappa shape index (κ1) is 9.34. The van der Waals surface area contributed by atoms with E-state index in [9.17, 15) is 0 Å². The first-order chi connectivity index (χ1) is 8.93. The molecule has 0 aromatic carbocycles. The second-order valence-corrected chi connectivity index (χ2v) is 3.77. The Bertz CT molecular complexity index is 836. The van der Waals surface area contributed by atoms with Gasteiger partial charge in [-0.05, 0) is 0 Å². The molecule has 84 valence electrons. The van der Waals surface area contributed by atoms with Crippen molar-refractivity contribution in [3.05, 3.63) is 24.2 Å². The summed E-state index contributed by atoms with van der Waals surface area (Å²) < 4.78 is 1.67. The van der Waals surface area contributed by atoms with E-state index in [1.165, 1.54) is 0 Å². The van der Waals surface area contributed by atoms with Crippen LogP contribution in [-0.4, -0.2) is 47.6 Å². The zero-order valence-electron chi connectivity index (χ0n) is 9.02. The molecule has 4 heterocycles. The average Bonchev–Trinajstić information content (AvgIpc) is 3.09. The molecule has 0 bridgehead atoms. The Balaban J connectivity index is 2.21. The zero-order valence-corrected chi connectivity index (χ0v) is 9.02. The van der Waals surface area contributed by atoms with Gasteiger partial charge in [-0.1, -0.05) is 0 Å². The predicted octanol–water partition coefficient (Wildman–Crippen LogP) is -0.204. The summed E-state index contributed by atoms with van der Waals surface area (Å²) in [6.45, 7) is 1.96. The molecule has 0 saturated carbocycles. The second kappa shape index (κ2) is 3.39. The number of pyridine rings is 1. The Labute approximate surface area is 100 Å². The molecular weight excluding hydrogens is 231 g/mol. The zero-order chi connectivity index (χ0) is 11.9. The van der Waals surface area contributed by atoms with Crippen molar-refractivity contribution in [1.29, 1.82) is 0 Å². The van der Waals surface area contributed by atoms with Crippen LogP contribution in [0.1, 0.15) is 0 Å². The number of H-pyrrole nitrogens is 1. The van der Waals surface area contributed by atoms with Crippen molar-refractivity contribution in [2.45, 2.75) is 0 Å². The second-order valence-electron chi connectivity index (χ2n) is 3.77. The number of nitrogens with one attached hydrogen (secondary N) is 1. The van der Waals surface area contributed by atoms with E-state index in [-0.39, 0.29) is 0 Å². The number of fused-ring (bicyclic) bond motifs is 3. The first-order valence-electron chi connectivity index (χ1n) is 5.27. The fraction of sp³-hybridized carbons (Fsp3) is 0. The standard InChI is InChI=1S/C9H5BN8/c1-2-5-4-6(8-11-14-15-12-8)9-13-16-17-18(9)7(5)10-3-1/h1-4H,(H,11,12,14,15). The van der Waals surface area contributed by atoms with Crippen molar-refractivity contribution in [2.75, 3.05) is 0 Å². The number of tetrazole rings is 2. The summed E-state index contributed by atoms with van der Waals surface area (Å²) in [5, 5.41) is 26.6. The minimum atomic E-state index is 0.473. The Morgan fingerprint density at radius 3 is 3.17 bits per heavy atom. The molecule has 4 aromatic rings. The number of nitrogens with zero attached hydrogens (tertiary/aromatic N) is 7. The SMILES string of the molecule is b1cccc2cc(-c3nn[nH]n3)c3nnnn3c12. The molecule has 0 unspecified atom stereocenters. The molecule has 0 aliphatic rings. The van der Waals surface area contributed by atoms with E-state index < -0.39 is 0 Å². The molecule has 1 N–H and O–H groups in total. The third kappa shape index (κ3) is 1.18. The van der Waals surface area contributed by atoms with Gasteiger partial charge in [0.1, 0.15) is 0 Å². The molecule has 0 spiro atoms. The Hall–Kier alpha value is -2.71. The average molecular weight is 236 g/mol. The van der Waals surface area contributed by atoms with Crippen LogP contribution in [0, 0.1) is 0 Å². The summed E-state index contributed by atoms with van der Waals surface area (Å²) in [5.74, 6) is 2.41. The van der Waals surface area contributed by atoms with Crippen LogP contribution < -0.4 is 0 Å². The number of hydrogen-bond donors (Lipinski definition) is 1. The molecule has 0 saturated heterocycles. The fourth-order valence-electron chi connectivity index (χ4n) is 1.98. The molecule has 0 radical (unpaired) electrons. The quantitative estimate of drug-likeness (QED) is 0.491. The summed E-state index contributed by atoms with van der Waals surface area (Å²) in [6, 6.07) is 5.89. The third-order valence-electron chi connectivity index (χ3n) is 2.76. The van der Waals surface area contributed by atoms with Gasteiger partial charge >= 0.3 is 99.6 Å². The van der Waals surface area contributed by atoms with Gasteiger partial charge < -0.3 is 0 Å². The summed E-state index contributed by atoms with van der Waals surface area (Å²) in [5.41, 5.74) is 2.28. The normalized spacial score (nSPS) is 11.1. The molecule has 8 nitrogen and oxygen atoms in total. The van der Waals surface area contributed by atoms with Gasteiger partial charge in [-0.25, -0.2) is 0 Å². The van der Waals surface area contributed by atoms with E-state index in [1.807, 2.05) is 31.1 Å². The van der Waals surface area contributed by atoms with Crippen molar-refractivity contribution in [3.63, 3.8) is 0 Å². The van der Waals surface area contributed by atoms with Crippen LogP contribution in [0.25, 0.3) is 27.8 Å². The maximum absolute atomic E-state index is 4.00. The van der Waals surface area contributed by atoms with Crippen molar-refractivity contribution in [2.24, 2.45) is 0 Å². The summed E-state index contributed by atoms with van der Waals surface area (Å²) >= 11 is 0. The maximum atomic E-state index is 4.00. The van der Waals surface area contributed by atoms with Gasteiger partial charge in [0, 0.05) is 0 Å². The van der Waals surface area contributed by atoms with Crippen molar-refractivity contribution >= 4 is 23.4 Å². The van der Waals surface area contributed by atoms with Gasteiger partial charge in [0.05, 0.1) is 0 Å². The molecule has 4 aromatic heterocycles. The Morgan fingerprint density at radius 1 is 1.28 bits per heavy atom. The number of aromatic nitrogens is 8.